The van der Waals surface area contributed by atoms with E-state index in [9.17, 15) is 0 Å². The monoisotopic (exact) mass is 355 g/mol. The maximum atomic E-state index is 9.00. The number of hydrogen-bond acceptors (Lipinski definition) is 4. The van der Waals surface area contributed by atoms with Gasteiger partial charge in [-0.05, 0) is 31.2 Å². The largest absolute Gasteiger partial charge is 0.395 e. The maximum Gasteiger partial charge on any atom is 0.0558 e. The van der Waals surface area contributed by atoms with Crippen molar-refractivity contribution in [1.82, 2.24) is 10.2 Å². The third kappa shape index (κ3) is 4.42. The molecule has 0 bridgehead atoms. The van der Waals surface area contributed by atoms with Gasteiger partial charge in [-0.2, -0.15) is 0 Å². The predicted molar refractivity (Wildman–Crippen MR) is 92.0 cm³/mol. The van der Waals surface area contributed by atoms with Crippen molar-refractivity contribution >= 4 is 21.6 Å². The van der Waals surface area contributed by atoms with E-state index in [2.05, 4.69) is 63.1 Å². The van der Waals surface area contributed by atoms with Crippen LogP contribution < -0.4 is 10.2 Å². The second-order valence-corrected chi connectivity index (χ2v) is 6.39. The molecule has 5 heteroatoms. The minimum Gasteiger partial charge on any atom is -0.395 e. The third-order valence-corrected chi connectivity index (χ3v) is 4.80. The molecule has 1 fully saturated rings. The second kappa shape index (κ2) is 8.13. The summed E-state index contributed by atoms with van der Waals surface area (Å²) in [6, 6.07) is 7.02. The zero-order valence-corrected chi connectivity index (χ0v) is 14.6. The van der Waals surface area contributed by atoms with E-state index in [0.717, 1.165) is 39.3 Å². The Hall–Kier alpha value is -0.620. The number of benzene rings is 1. The highest BCUT2D eigenvalue weighted by Gasteiger charge is 2.18. The van der Waals surface area contributed by atoms with Gasteiger partial charge in [0.05, 0.1) is 6.61 Å². The van der Waals surface area contributed by atoms with Gasteiger partial charge in [-0.3, -0.25) is 4.90 Å². The van der Waals surface area contributed by atoms with Gasteiger partial charge in [0.2, 0.25) is 0 Å². The third-order valence-electron chi connectivity index (χ3n) is 4.11. The Morgan fingerprint density at radius 2 is 2.00 bits per heavy atom. The number of nitrogens with one attached hydrogen (secondary N) is 1. The highest BCUT2D eigenvalue weighted by Crippen LogP contribution is 2.28. The molecule has 1 unspecified atom stereocenters. The van der Waals surface area contributed by atoms with Crippen LogP contribution in [-0.4, -0.2) is 55.9 Å². The van der Waals surface area contributed by atoms with Gasteiger partial charge in [-0.15, -0.1) is 0 Å². The van der Waals surface area contributed by atoms with Crippen LogP contribution in [0.4, 0.5) is 5.69 Å². The normalized spacial score (nSPS) is 18.0. The summed E-state index contributed by atoms with van der Waals surface area (Å²) in [5, 5.41) is 12.4. The number of aliphatic hydroxyl groups excluding tert-OH is 1. The van der Waals surface area contributed by atoms with Crippen molar-refractivity contribution < 1.29 is 5.11 Å². The van der Waals surface area contributed by atoms with E-state index in [1.54, 1.807) is 0 Å². The van der Waals surface area contributed by atoms with Gasteiger partial charge in [-0.1, -0.05) is 28.9 Å². The molecular weight excluding hydrogens is 330 g/mol. The van der Waals surface area contributed by atoms with Crippen LogP contribution in [0.3, 0.4) is 0 Å². The number of nitrogens with zero attached hydrogens (tertiary/aromatic N) is 2. The van der Waals surface area contributed by atoms with Gasteiger partial charge < -0.3 is 15.3 Å². The molecule has 1 aromatic rings. The van der Waals surface area contributed by atoms with E-state index in [0.29, 0.717) is 6.04 Å². The number of halogens is 1. The Labute approximate surface area is 136 Å². The first-order valence-electron chi connectivity index (χ1n) is 7.76. The van der Waals surface area contributed by atoms with Crippen LogP contribution >= 0.6 is 15.9 Å². The van der Waals surface area contributed by atoms with E-state index in [-0.39, 0.29) is 6.61 Å². The number of β-amino-alcohol motifs (C(OH)–C–C–N with tert-alkyl or cyclic N) is 1. The lowest BCUT2D eigenvalue weighted by Crippen LogP contribution is -2.47. The summed E-state index contributed by atoms with van der Waals surface area (Å²) in [4.78, 5) is 4.73. The van der Waals surface area contributed by atoms with Crippen LogP contribution in [0, 0.1) is 0 Å². The number of aliphatic hydroxyl groups is 1. The molecule has 1 aliphatic heterocycles. The molecule has 21 heavy (non-hydrogen) atoms. The average molecular weight is 356 g/mol. The molecule has 0 aromatic heterocycles. The highest BCUT2D eigenvalue weighted by molar-refractivity contribution is 9.10. The molecule has 1 aliphatic rings. The summed E-state index contributed by atoms with van der Waals surface area (Å²) < 4.78 is 1.17. The zero-order valence-electron chi connectivity index (χ0n) is 13.0. The van der Waals surface area contributed by atoms with Crippen molar-refractivity contribution in [3.63, 3.8) is 0 Å². The molecule has 2 rings (SSSR count). The minimum absolute atomic E-state index is 0.253. The van der Waals surface area contributed by atoms with Crippen LogP contribution in [0.1, 0.15) is 25.5 Å². The summed E-state index contributed by atoms with van der Waals surface area (Å²) in [7, 11) is 0. The fourth-order valence-corrected chi connectivity index (χ4v) is 3.56. The fourth-order valence-electron chi connectivity index (χ4n) is 2.85. The molecule has 0 aliphatic carbocycles. The van der Waals surface area contributed by atoms with E-state index in [1.165, 1.54) is 15.7 Å². The topological polar surface area (TPSA) is 38.7 Å². The first-order chi connectivity index (χ1) is 10.2. The first kappa shape index (κ1) is 16.7. The number of piperazine rings is 1. The fraction of sp³-hybridized carbons (Fsp3) is 0.625. The van der Waals surface area contributed by atoms with E-state index < -0.39 is 0 Å². The SMILES string of the molecule is CCNC(C)c1ccc(N2CCN(CCO)CC2)cc1Br. The average Bonchev–Trinajstić information content (AvgIpc) is 2.48. The smallest absolute Gasteiger partial charge is 0.0558 e. The number of rotatable bonds is 6. The number of anilines is 1. The Balaban J connectivity index is 2.00. The molecule has 1 aromatic carbocycles. The van der Waals surface area contributed by atoms with Gasteiger partial charge in [0.25, 0.3) is 0 Å². The van der Waals surface area contributed by atoms with E-state index in [4.69, 9.17) is 5.11 Å². The van der Waals surface area contributed by atoms with Crippen molar-refractivity contribution in [1.29, 1.82) is 0 Å². The lowest BCUT2D eigenvalue weighted by molar-refractivity contribution is 0.189. The van der Waals surface area contributed by atoms with Crippen molar-refractivity contribution in [2.24, 2.45) is 0 Å². The molecule has 0 amide bonds. The van der Waals surface area contributed by atoms with Crippen LogP contribution in [0.2, 0.25) is 0 Å². The lowest BCUT2D eigenvalue weighted by atomic mass is 10.1. The summed E-state index contributed by atoms with van der Waals surface area (Å²) in [6.45, 7) is 10.4. The van der Waals surface area contributed by atoms with Crippen molar-refractivity contribution in [3.05, 3.63) is 28.2 Å². The quantitative estimate of drug-likeness (QED) is 0.820. The van der Waals surface area contributed by atoms with Crippen LogP contribution in [-0.2, 0) is 0 Å². The van der Waals surface area contributed by atoms with Crippen molar-refractivity contribution in [3.8, 4) is 0 Å². The first-order valence-corrected chi connectivity index (χ1v) is 8.56. The summed E-state index contributed by atoms with van der Waals surface area (Å²) in [6.07, 6.45) is 0. The van der Waals surface area contributed by atoms with Gasteiger partial charge in [-0.25, -0.2) is 0 Å². The molecule has 118 valence electrons. The Kier molecular flexibility index (Phi) is 6.48. The van der Waals surface area contributed by atoms with Crippen molar-refractivity contribution in [2.45, 2.75) is 19.9 Å². The summed E-state index contributed by atoms with van der Waals surface area (Å²) >= 11 is 3.71. The van der Waals surface area contributed by atoms with Crippen LogP contribution in [0.15, 0.2) is 22.7 Å². The van der Waals surface area contributed by atoms with Crippen LogP contribution in [0.5, 0.6) is 0 Å². The molecule has 4 nitrogen and oxygen atoms in total. The highest BCUT2D eigenvalue weighted by atomic mass is 79.9. The number of hydrogen-bond donors (Lipinski definition) is 2. The van der Waals surface area contributed by atoms with Gasteiger partial charge in [0.1, 0.15) is 0 Å². The predicted octanol–water partition coefficient (Wildman–Crippen LogP) is 2.23. The van der Waals surface area contributed by atoms with Gasteiger partial charge in [0.15, 0.2) is 0 Å². The molecule has 1 saturated heterocycles. The Morgan fingerprint density at radius 1 is 1.29 bits per heavy atom. The van der Waals surface area contributed by atoms with Crippen molar-refractivity contribution in [2.75, 3.05) is 50.8 Å². The molecule has 1 atom stereocenters. The Morgan fingerprint density at radius 3 is 2.57 bits per heavy atom. The summed E-state index contributed by atoms with van der Waals surface area (Å²) in [5.41, 5.74) is 2.58. The second-order valence-electron chi connectivity index (χ2n) is 5.54. The molecule has 0 saturated carbocycles. The van der Waals surface area contributed by atoms with Crippen LogP contribution in [0.25, 0.3) is 0 Å². The lowest BCUT2D eigenvalue weighted by Gasteiger charge is -2.36. The Bertz CT molecular complexity index is 447. The van der Waals surface area contributed by atoms with Gasteiger partial charge >= 0.3 is 0 Å². The zero-order chi connectivity index (χ0) is 15.2. The molecule has 0 radical (unpaired) electrons. The van der Waals surface area contributed by atoms with E-state index >= 15 is 0 Å². The molecule has 1 heterocycles. The summed E-state index contributed by atoms with van der Waals surface area (Å²) in [5.74, 6) is 0. The maximum absolute atomic E-state index is 9.00. The minimum atomic E-state index is 0.253. The standard InChI is InChI=1S/C16H26BrN3O/c1-3-18-13(2)15-5-4-14(12-16(15)17)20-8-6-19(7-9-20)10-11-21/h4-5,12-13,18,21H,3,6-11H2,1-2H3. The van der Waals surface area contributed by atoms with E-state index in [1.807, 2.05) is 0 Å². The molecule has 0 spiro atoms. The molecule has 2 N–H and O–H groups in total. The van der Waals surface area contributed by atoms with Gasteiger partial charge in [0, 0.05) is 48.9 Å². The molecular formula is C16H26BrN3O.